The lowest BCUT2D eigenvalue weighted by atomic mass is 9.98. The number of carbonyl (C=O) groups excluding carboxylic acids is 5. The van der Waals surface area contributed by atoms with E-state index in [2.05, 4.69) is 0 Å². The molecule has 5 atom stereocenters. The van der Waals surface area contributed by atoms with Gasteiger partial charge in [-0.15, -0.1) is 0 Å². The molecule has 0 radical (unpaired) electrons. The molecular weight excluding hydrogens is 456 g/mol. The number of rotatable bonds is 8. The summed E-state index contributed by atoms with van der Waals surface area (Å²) in [6.45, 7) is 4.08. The van der Waals surface area contributed by atoms with E-state index < -0.39 is 67.2 Å². The van der Waals surface area contributed by atoms with Gasteiger partial charge in [-0.3, -0.25) is 19.2 Å². The van der Waals surface area contributed by atoms with Gasteiger partial charge in [0.05, 0.1) is 7.11 Å². The minimum atomic E-state index is -1.47. The molecule has 0 amide bonds. The van der Waals surface area contributed by atoms with Crippen molar-refractivity contribution in [3.05, 3.63) is 29.8 Å². The third-order valence-electron chi connectivity index (χ3n) is 4.48. The molecule has 1 heterocycles. The van der Waals surface area contributed by atoms with Gasteiger partial charge in [0.25, 0.3) is 0 Å². The predicted molar refractivity (Wildman–Crippen MR) is 110 cm³/mol. The number of carbonyl (C=O) groups is 5. The SMILES string of the molecule is COC(=O)c1ccccc1O[C@H]1OC(COC(C)=O)[C@H](OC(C)=O)C(OC(C)=O)C1OC(C)=O. The number of hydrogen-bond donors (Lipinski definition) is 0. The lowest BCUT2D eigenvalue weighted by Crippen LogP contribution is -2.63. The molecule has 0 bridgehead atoms. The highest BCUT2D eigenvalue weighted by Crippen LogP contribution is 2.32. The maximum atomic E-state index is 12.1. The molecule has 1 fully saturated rings. The molecule has 0 spiro atoms. The van der Waals surface area contributed by atoms with Crippen LogP contribution in [0.2, 0.25) is 0 Å². The van der Waals surface area contributed by atoms with Crippen LogP contribution in [0.3, 0.4) is 0 Å². The largest absolute Gasteiger partial charge is 0.465 e. The predicted octanol–water partition coefficient (Wildman–Crippen LogP) is 0.935. The number of ether oxygens (including phenoxy) is 7. The third kappa shape index (κ3) is 7.17. The van der Waals surface area contributed by atoms with Crippen molar-refractivity contribution in [1.82, 2.24) is 0 Å². The Morgan fingerprint density at radius 2 is 1.35 bits per heavy atom. The van der Waals surface area contributed by atoms with Crippen LogP contribution in [0.25, 0.3) is 0 Å². The average molecular weight is 482 g/mol. The second-order valence-corrected chi connectivity index (χ2v) is 7.17. The highest BCUT2D eigenvalue weighted by atomic mass is 16.7. The Labute approximate surface area is 195 Å². The number of benzene rings is 1. The van der Waals surface area contributed by atoms with E-state index in [0.717, 1.165) is 27.7 Å². The van der Waals surface area contributed by atoms with Gasteiger partial charge in [0.1, 0.15) is 24.0 Å². The molecule has 1 aromatic rings. The molecule has 12 heteroatoms. The van der Waals surface area contributed by atoms with Crippen molar-refractivity contribution in [3.63, 3.8) is 0 Å². The molecule has 0 aliphatic carbocycles. The Bertz CT molecular complexity index is 926. The summed E-state index contributed by atoms with van der Waals surface area (Å²) >= 11 is 0. The first kappa shape index (κ1) is 26.6. The monoisotopic (exact) mass is 482 g/mol. The van der Waals surface area contributed by atoms with Crippen LogP contribution in [-0.2, 0) is 47.6 Å². The number of para-hydroxylation sites is 1. The summed E-state index contributed by atoms with van der Waals surface area (Å²) in [6, 6.07) is 6.03. The van der Waals surface area contributed by atoms with Crippen LogP contribution < -0.4 is 4.74 Å². The van der Waals surface area contributed by atoms with Crippen molar-refractivity contribution < 1.29 is 57.1 Å². The first-order valence-electron chi connectivity index (χ1n) is 10.2. The van der Waals surface area contributed by atoms with Gasteiger partial charge in [-0.05, 0) is 12.1 Å². The van der Waals surface area contributed by atoms with Crippen molar-refractivity contribution in [2.45, 2.75) is 58.4 Å². The number of methoxy groups -OCH3 is 1. The summed E-state index contributed by atoms with van der Waals surface area (Å²) in [5.74, 6) is -3.65. The first-order valence-corrected chi connectivity index (χ1v) is 10.2. The number of hydrogen-bond acceptors (Lipinski definition) is 12. The Hall–Kier alpha value is -3.67. The molecule has 1 aromatic carbocycles. The van der Waals surface area contributed by atoms with Crippen molar-refractivity contribution in [1.29, 1.82) is 0 Å². The molecule has 186 valence electrons. The van der Waals surface area contributed by atoms with Crippen molar-refractivity contribution in [2.24, 2.45) is 0 Å². The summed E-state index contributed by atoms with van der Waals surface area (Å²) in [4.78, 5) is 59.0. The zero-order valence-corrected chi connectivity index (χ0v) is 19.3. The van der Waals surface area contributed by atoms with Crippen LogP contribution >= 0.6 is 0 Å². The van der Waals surface area contributed by atoms with E-state index >= 15 is 0 Å². The molecule has 34 heavy (non-hydrogen) atoms. The molecule has 12 nitrogen and oxygen atoms in total. The van der Waals surface area contributed by atoms with E-state index in [-0.39, 0.29) is 11.3 Å². The van der Waals surface area contributed by atoms with Crippen LogP contribution in [0, 0.1) is 0 Å². The fraction of sp³-hybridized carbons (Fsp3) is 0.500. The van der Waals surface area contributed by atoms with Crippen molar-refractivity contribution >= 4 is 29.8 Å². The lowest BCUT2D eigenvalue weighted by molar-refractivity contribution is -0.288. The minimum Gasteiger partial charge on any atom is -0.465 e. The van der Waals surface area contributed by atoms with E-state index in [1.165, 1.54) is 19.2 Å². The van der Waals surface area contributed by atoms with Crippen molar-refractivity contribution in [2.75, 3.05) is 13.7 Å². The summed E-state index contributed by atoms with van der Waals surface area (Å²) < 4.78 is 37.4. The zero-order chi connectivity index (χ0) is 25.4. The summed E-state index contributed by atoms with van der Waals surface area (Å²) in [5, 5.41) is 0. The Morgan fingerprint density at radius 1 is 0.794 bits per heavy atom. The van der Waals surface area contributed by atoms with Gasteiger partial charge >= 0.3 is 29.8 Å². The van der Waals surface area contributed by atoms with Gasteiger partial charge in [0.15, 0.2) is 12.2 Å². The normalized spacial score (nSPS) is 23.7. The molecule has 3 unspecified atom stereocenters. The summed E-state index contributed by atoms with van der Waals surface area (Å²) in [7, 11) is 1.19. The standard InChI is InChI=1S/C22H26O12/c1-11(23)29-10-17-18(30-12(2)24)19(31-13(3)25)20(32-14(4)26)22(34-17)33-16-9-7-6-8-15(16)21(27)28-5/h6-9,17-20,22H,10H2,1-5H3/t17?,18-,19?,20?,22-/m0/s1. The van der Waals surface area contributed by atoms with Gasteiger partial charge in [0, 0.05) is 27.7 Å². The van der Waals surface area contributed by atoms with Gasteiger partial charge in [-0.25, -0.2) is 4.79 Å². The minimum absolute atomic E-state index is 0.00949. The molecule has 1 saturated heterocycles. The highest BCUT2D eigenvalue weighted by Gasteiger charge is 2.53. The Morgan fingerprint density at radius 3 is 1.91 bits per heavy atom. The fourth-order valence-electron chi connectivity index (χ4n) is 3.26. The van der Waals surface area contributed by atoms with E-state index in [0.29, 0.717) is 0 Å². The van der Waals surface area contributed by atoms with Crippen LogP contribution in [0.15, 0.2) is 24.3 Å². The van der Waals surface area contributed by atoms with Crippen LogP contribution in [-0.4, -0.2) is 74.3 Å². The van der Waals surface area contributed by atoms with Gasteiger partial charge in [-0.2, -0.15) is 0 Å². The maximum absolute atomic E-state index is 12.1. The van der Waals surface area contributed by atoms with Crippen LogP contribution in [0.4, 0.5) is 0 Å². The first-order chi connectivity index (χ1) is 16.0. The second-order valence-electron chi connectivity index (χ2n) is 7.17. The summed E-state index contributed by atoms with van der Waals surface area (Å²) in [5.41, 5.74) is 0.0397. The Balaban J connectivity index is 2.52. The molecule has 2 rings (SSSR count). The third-order valence-corrected chi connectivity index (χ3v) is 4.48. The molecule has 1 aliphatic heterocycles. The lowest BCUT2D eigenvalue weighted by Gasteiger charge is -2.44. The molecule has 0 aromatic heterocycles. The molecule has 0 saturated carbocycles. The van der Waals surface area contributed by atoms with Crippen molar-refractivity contribution in [3.8, 4) is 5.75 Å². The van der Waals surface area contributed by atoms with Gasteiger partial charge in [0.2, 0.25) is 12.4 Å². The topological polar surface area (TPSA) is 150 Å². The van der Waals surface area contributed by atoms with Crippen LogP contribution in [0.1, 0.15) is 38.1 Å². The Kier molecular flexibility index (Phi) is 9.36. The average Bonchev–Trinajstić information content (AvgIpc) is 2.75. The van der Waals surface area contributed by atoms with E-state index in [4.69, 9.17) is 33.2 Å². The summed E-state index contributed by atoms with van der Waals surface area (Å²) in [6.07, 6.45) is -6.79. The second kappa shape index (κ2) is 12.0. The fourth-order valence-corrected chi connectivity index (χ4v) is 3.26. The van der Waals surface area contributed by atoms with Gasteiger partial charge < -0.3 is 33.2 Å². The van der Waals surface area contributed by atoms with E-state index in [1.807, 2.05) is 0 Å². The molecule has 1 aliphatic rings. The quantitative estimate of drug-likeness (QED) is 0.383. The zero-order valence-electron chi connectivity index (χ0n) is 19.3. The number of esters is 5. The highest BCUT2D eigenvalue weighted by molar-refractivity contribution is 5.92. The van der Waals surface area contributed by atoms with Crippen LogP contribution in [0.5, 0.6) is 5.75 Å². The van der Waals surface area contributed by atoms with E-state index in [1.54, 1.807) is 12.1 Å². The maximum Gasteiger partial charge on any atom is 0.341 e. The van der Waals surface area contributed by atoms with E-state index in [9.17, 15) is 24.0 Å². The molecular formula is C22H26O12. The molecule has 0 N–H and O–H groups in total. The smallest absolute Gasteiger partial charge is 0.341 e. The van der Waals surface area contributed by atoms with Gasteiger partial charge in [-0.1, -0.05) is 12.1 Å².